The number of aryl methyl sites for hydroxylation is 2. The van der Waals surface area contributed by atoms with Gasteiger partial charge in [0.05, 0.1) is 5.69 Å². The highest BCUT2D eigenvalue weighted by atomic mass is 32.2. The zero-order valence-corrected chi connectivity index (χ0v) is 11.6. The van der Waals surface area contributed by atoms with Gasteiger partial charge in [0.15, 0.2) is 5.82 Å². The topological polar surface area (TPSA) is 101 Å². The predicted molar refractivity (Wildman–Crippen MR) is 74.4 cm³/mol. The Morgan fingerprint density at radius 2 is 2.11 bits per heavy atom. The van der Waals surface area contributed by atoms with Crippen LogP contribution >= 0.6 is 0 Å². The number of aromatic nitrogens is 2. The molecule has 0 fully saturated rings. The van der Waals surface area contributed by atoms with Gasteiger partial charge >= 0.3 is 0 Å². The molecule has 1 aromatic carbocycles. The summed E-state index contributed by atoms with van der Waals surface area (Å²) >= 11 is 0. The third kappa shape index (κ3) is 2.87. The molecule has 2 aromatic rings. The molecule has 0 radical (unpaired) electrons. The summed E-state index contributed by atoms with van der Waals surface area (Å²) in [5, 5.41) is 6.63. The van der Waals surface area contributed by atoms with Crippen molar-refractivity contribution in [3.05, 3.63) is 35.5 Å². The minimum absolute atomic E-state index is 0.0548. The first-order chi connectivity index (χ1) is 8.92. The van der Waals surface area contributed by atoms with Crippen LogP contribution < -0.4 is 10.5 Å². The lowest BCUT2D eigenvalue weighted by molar-refractivity contribution is 0.601. The van der Waals surface area contributed by atoms with E-state index in [1.165, 1.54) is 6.07 Å². The van der Waals surface area contributed by atoms with Crippen LogP contribution in [-0.2, 0) is 16.4 Å². The van der Waals surface area contributed by atoms with Crippen molar-refractivity contribution in [3.8, 4) is 0 Å². The lowest BCUT2D eigenvalue weighted by atomic mass is 10.2. The van der Waals surface area contributed by atoms with Gasteiger partial charge in [-0.2, -0.15) is 5.10 Å². The summed E-state index contributed by atoms with van der Waals surface area (Å²) in [6, 6.07) is 6.46. The van der Waals surface area contributed by atoms with Crippen LogP contribution in [0.1, 0.15) is 18.2 Å². The molecule has 7 heteroatoms. The van der Waals surface area contributed by atoms with E-state index in [2.05, 4.69) is 14.9 Å². The molecule has 19 heavy (non-hydrogen) atoms. The minimum atomic E-state index is -3.71. The van der Waals surface area contributed by atoms with E-state index in [4.69, 9.17) is 5.73 Å². The van der Waals surface area contributed by atoms with Crippen LogP contribution in [0.2, 0.25) is 0 Å². The minimum Gasteiger partial charge on any atom is -0.398 e. The highest BCUT2D eigenvalue weighted by Crippen LogP contribution is 2.22. The predicted octanol–water partition coefficient (Wildman–Crippen LogP) is 1.66. The number of rotatable bonds is 4. The molecule has 1 aromatic heterocycles. The molecule has 0 aliphatic heterocycles. The summed E-state index contributed by atoms with van der Waals surface area (Å²) in [6.45, 7) is 3.80. The summed E-state index contributed by atoms with van der Waals surface area (Å²) in [6.07, 6.45) is 0.751. The van der Waals surface area contributed by atoms with Crippen LogP contribution in [0.25, 0.3) is 0 Å². The lowest BCUT2D eigenvalue weighted by Gasteiger charge is -2.08. The molecule has 0 saturated carbocycles. The maximum absolute atomic E-state index is 12.2. The molecule has 0 amide bonds. The number of H-pyrrole nitrogens is 1. The number of sulfonamides is 1. The van der Waals surface area contributed by atoms with Crippen LogP contribution in [0.4, 0.5) is 11.5 Å². The van der Waals surface area contributed by atoms with Crippen molar-refractivity contribution in [2.75, 3.05) is 10.5 Å². The molecular formula is C12H16N4O2S. The van der Waals surface area contributed by atoms with E-state index in [1.807, 2.05) is 13.8 Å². The quantitative estimate of drug-likeness (QED) is 0.741. The van der Waals surface area contributed by atoms with Crippen molar-refractivity contribution in [1.29, 1.82) is 0 Å². The Kier molecular flexibility index (Phi) is 3.48. The zero-order chi connectivity index (χ0) is 14.0. The van der Waals surface area contributed by atoms with E-state index in [-0.39, 0.29) is 16.4 Å². The van der Waals surface area contributed by atoms with Gasteiger partial charge in [0.2, 0.25) is 0 Å². The van der Waals surface area contributed by atoms with Gasteiger partial charge in [0.25, 0.3) is 10.0 Å². The van der Waals surface area contributed by atoms with Gasteiger partial charge in [-0.15, -0.1) is 0 Å². The fraction of sp³-hybridized carbons (Fsp3) is 0.250. The number of aromatic amines is 1. The Morgan fingerprint density at radius 1 is 1.37 bits per heavy atom. The first-order valence-corrected chi connectivity index (χ1v) is 7.34. The van der Waals surface area contributed by atoms with Gasteiger partial charge < -0.3 is 5.73 Å². The molecule has 1 heterocycles. The normalized spacial score (nSPS) is 11.5. The largest absolute Gasteiger partial charge is 0.398 e. The Bertz CT molecular complexity index is 692. The number of benzene rings is 1. The number of hydrogen-bond donors (Lipinski definition) is 3. The van der Waals surface area contributed by atoms with Crippen molar-refractivity contribution in [1.82, 2.24) is 10.2 Å². The first kappa shape index (κ1) is 13.4. The van der Waals surface area contributed by atoms with Crippen molar-refractivity contribution in [3.63, 3.8) is 0 Å². The molecule has 0 unspecified atom stereocenters. The Balaban J connectivity index is 2.32. The molecular weight excluding hydrogens is 264 g/mol. The number of nitrogens with one attached hydrogen (secondary N) is 2. The zero-order valence-electron chi connectivity index (χ0n) is 10.8. The first-order valence-electron chi connectivity index (χ1n) is 5.85. The van der Waals surface area contributed by atoms with E-state index in [9.17, 15) is 8.42 Å². The van der Waals surface area contributed by atoms with Crippen molar-refractivity contribution < 1.29 is 8.42 Å². The van der Waals surface area contributed by atoms with E-state index < -0.39 is 10.0 Å². The van der Waals surface area contributed by atoms with Crippen LogP contribution in [-0.4, -0.2) is 18.6 Å². The average molecular weight is 280 g/mol. The smallest absolute Gasteiger partial charge is 0.265 e. The number of nitrogen functional groups attached to an aromatic ring is 1. The van der Waals surface area contributed by atoms with Gasteiger partial charge in [-0.3, -0.25) is 9.82 Å². The van der Waals surface area contributed by atoms with Crippen LogP contribution in [0.5, 0.6) is 0 Å². The number of anilines is 2. The van der Waals surface area contributed by atoms with Gasteiger partial charge in [-0.1, -0.05) is 13.0 Å². The summed E-state index contributed by atoms with van der Waals surface area (Å²) in [7, 11) is -3.71. The van der Waals surface area contributed by atoms with Crippen molar-refractivity contribution >= 4 is 21.5 Å². The third-order valence-electron chi connectivity index (χ3n) is 2.71. The number of nitrogens with zero attached hydrogens (tertiary/aromatic N) is 1. The molecule has 0 atom stereocenters. The summed E-state index contributed by atoms with van der Waals surface area (Å²) < 4.78 is 26.8. The fourth-order valence-electron chi connectivity index (χ4n) is 1.70. The van der Waals surface area contributed by atoms with Gasteiger partial charge in [0, 0.05) is 11.8 Å². The molecule has 0 bridgehead atoms. The highest BCUT2D eigenvalue weighted by Gasteiger charge is 2.18. The van der Waals surface area contributed by atoms with E-state index in [0.29, 0.717) is 0 Å². The van der Waals surface area contributed by atoms with Crippen LogP contribution in [0.3, 0.4) is 0 Å². The molecule has 0 aliphatic rings. The standard InChI is InChI=1S/C12H16N4O2S/c1-3-9-7-12(15-14-9)16-19(17,18)11-5-4-8(2)6-10(11)13/h4-7H,3,13H2,1-2H3,(H2,14,15,16). The molecule has 4 N–H and O–H groups in total. The average Bonchev–Trinajstić information content (AvgIpc) is 2.75. The summed E-state index contributed by atoms with van der Waals surface area (Å²) in [5.74, 6) is 0.261. The lowest BCUT2D eigenvalue weighted by Crippen LogP contribution is -2.15. The van der Waals surface area contributed by atoms with Gasteiger partial charge in [-0.25, -0.2) is 8.42 Å². The van der Waals surface area contributed by atoms with Crippen LogP contribution in [0, 0.1) is 6.92 Å². The van der Waals surface area contributed by atoms with E-state index in [0.717, 1.165) is 17.7 Å². The monoisotopic (exact) mass is 280 g/mol. The van der Waals surface area contributed by atoms with Crippen molar-refractivity contribution in [2.45, 2.75) is 25.2 Å². The Morgan fingerprint density at radius 3 is 2.68 bits per heavy atom. The molecule has 102 valence electrons. The second kappa shape index (κ2) is 4.93. The molecule has 0 spiro atoms. The Labute approximate surface area is 112 Å². The van der Waals surface area contributed by atoms with E-state index >= 15 is 0 Å². The third-order valence-corrected chi connectivity index (χ3v) is 4.13. The summed E-state index contributed by atoms with van der Waals surface area (Å²) in [4.78, 5) is 0.0548. The van der Waals surface area contributed by atoms with Crippen LogP contribution in [0.15, 0.2) is 29.2 Å². The number of nitrogens with two attached hydrogens (primary N) is 1. The van der Waals surface area contributed by atoms with E-state index in [1.54, 1.807) is 18.2 Å². The van der Waals surface area contributed by atoms with Crippen molar-refractivity contribution in [2.24, 2.45) is 0 Å². The SMILES string of the molecule is CCc1cc(NS(=O)(=O)c2ccc(C)cc2N)n[nH]1. The fourth-order valence-corrected chi connectivity index (χ4v) is 2.81. The summed E-state index contributed by atoms with van der Waals surface area (Å²) in [5.41, 5.74) is 7.73. The Hall–Kier alpha value is -2.02. The molecule has 0 saturated heterocycles. The second-order valence-electron chi connectivity index (χ2n) is 4.28. The number of hydrogen-bond acceptors (Lipinski definition) is 4. The molecule has 6 nitrogen and oxygen atoms in total. The van der Waals surface area contributed by atoms with Gasteiger partial charge in [0.1, 0.15) is 4.90 Å². The second-order valence-corrected chi connectivity index (χ2v) is 5.93. The molecule has 0 aliphatic carbocycles. The maximum atomic E-state index is 12.2. The maximum Gasteiger partial charge on any atom is 0.265 e. The molecule has 2 rings (SSSR count). The van der Waals surface area contributed by atoms with Gasteiger partial charge in [-0.05, 0) is 31.0 Å². The highest BCUT2D eigenvalue weighted by molar-refractivity contribution is 7.92.